The van der Waals surface area contributed by atoms with E-state index in [0.29, 0.717) is 18.3 Å². The Labute approximate surface area is 97.1 Å². The maximum atomic E-state index is 11.9. The maximum Gasteiger partial charge on any atom is 0.153 e. The van der Waals surface area contributed by atoms with E-state index in [0.717, 1.165) is 26.2 Å². The van der Waals surface area contributed by atoms with Crippen LogP contribution in [-0.4, -0.2) is 70.8 Å². The first-order valence-corrected chi connectivity index (χ1v) is 7.58. The van der Waals surface area contributed by atoms with Crippen molar-refractivity contribution in [2.75, 3.05) is 51.3 Å². The highest BCUT2D eigenvalue weighted by Crippen LogP contribution is 2.11. The lowest BCUT2D eigenvalue weighted by atomic mass is 10.1. The molecule has 2 heterocycles. The number of sulfone groups is 1. The molecule has 0 aromatic rings. The van der Waals surface area contributed by atoms with E-state index in [9.17, 15) is 8.42 Å². The quantitative estimate of drug-likeness (QED) is 0.688. The average molecular weight is 248 g/mol. The topological polar surface area (TPSA) is 58.6 Å². The standard InChI is InChI=1S/C10H20N2O3S/c1-12-2-3-15-10(6-12)8-16(13,14)7-9-4-11-5-9/h9-11H,2-8H2,1H3. The molecular weight excluding hydrogens is 228 g/mol. The van der Waals surface area contributed by atoms with Crippen LogP contribution in [0.15, 0.2) is 0 Å². The zero-order valence-corrected chi connectivity index (χ0v) is 10.5. The van der Waals surface area contributed by atoms with Crippen LogP contribution in [-0.2, 0) is 14.6 Å². The highest BCUT2D eigenvalue weighted by Gasteiger charge is 2.28. The van der Waals surface area contributed by atoms with Gasteiger partial charge in [-0.15, -0.1) is 0 Å². The first-order chi connectivity index (χ1) is 7.55. The second kappa shape index (κ2) is 5.00. The molecule has 2 fully saturated rings. The van der Waals surface area contributed by atoms with E-state index in [4.69, 9.17) is 4.74 Å². The largest absolute Gasteiger partial charge is 0.375 e. The molecule has 0 aromatic heterocycles. The molecule has 0 radical (unpaired) electrons. The summed E-state index contributed by atoms with van der Waals surface area (Å²) in [5.74, 6) is 0.795. The van der Waals surface area contributed by atoms with Crippen molar-refractivity contribution in [3.05, 3.63) is 0 Å². The molecule has 0 saturated carbocycles. The first kappa shape index (κ1) is 12.3. The van der Waals surface area contributed by atoms with E-state index >= 15 is 0 Å². The van der Waals surface area contributed by atoms with E-state index in [1.54, 1.807) is 0 Å². The van der Waals surface area contributed by atoms with E-state index < -0.39 is 9.84 Å². The molecule has 0 bridgehead atoms. The van der Waals surface area contributed by atoms with Crippen molar-refractivity contribution in [3.8, 4) is 0 Å². The summed E-state index contributed by atoms with van der Waals surface area (Å²) < 4.78 is 29.2. The molecule has 16 heavy (non-hydrogen) atoms. The fraction of sp³-hybridized carbons (Fsp3) is 1.00. The molecule has 0 spiro atoms. The van der Waals surface area contributed by atoms with Gasteiger partial charge in [0.25, 0.3) is 0 Å². The monoisotopic (exact) mass is 248 g/mol. The molecule has 94 valence electrons. The smallest absolute Gasteiger partial charge is 0.153 e. The van der Waals surface area contributed by atoms with Gasteiger partial charge in [-0.25, -0.2) is 8.42 Å². The van der Waals surface area contributed by atoms with Crippen LogP contribution in [0.5, 0.6) is 0 Å². The minimum absolute atomic E-state index is 0.142. The van der Waals surface area contributed by atoms with Crippen molar-refractivity contribution in [3.63, 3.8) is 0 Å². The Morgan fingerprint density at radius 1 is 1.38 bits per heavy atom. The molecule has 1 N–H and O–H groups in total. The average Bonchev–Trinajstić information content (AvgIpc) is 2.11. The number of hydrogen-bond donors (Lipinski definition) is 1. The summed E-state index contributed by atoms with van der Waals surface area (Å²) in [5.41, 5.74) is 0. The van der Waals surface area contributed by atoms with E-state index in [1.165, 1.54) is 0 Å². The highest BCUT2D eigenvalue weighted by atomic mass is 32.2. The highest BCUT2D eigenvalue weighted by molar-refractivity contribution is 7.91. The van der Waals surface area contributed by atoms with Gasteiger partial charge in [0.05, 0.1) is 24.2 Å². The van der Waals surface area contributed by atoms with E-state index in [1.807, 2.05) is 7.05 Å². The number of morpholine rings is 1. The molecule has 0 aromatic carbocycles. The second-order valence-electron chi connectivity index (χ2n) is 4.86. The molecule has 2 rings (SSSR count). The predicted molar refractivity (Wildman–Crippen MR) is 62.3 cm³/mol. The van der Waals surface area contributed by atoms with Crippen LogP contribution < -0.4 is 5.32 Å². The lowest BCUT2D eigenvalue weighted by Crippen LogP contribution is -2.48. The molecule has 0 amide bonds. The fourth-order valence-electron chi connectivity index (χ4n) is 2.14. The Morgan fingerprint density at radius 3 is 2.69 bits per heavy atom. The van der Waals surface area contributed by atoms with Gasteiger partial charge in [0.2, 0.25) is 0 Å². The molecule has 0 aliphatic carbocycles. The number of likely N-dealkylation sites (N-methyl/N-ethyl adjacent to an activating group) is 1. The van der Waals surface area contributed by atoms with Gasteiger partial charge in [0, 0.05) is 26.2 Å². The first-order valence-electron chi connectivity index (χ1n) is 5.76. The van der Waals surface area contributed by atoms with Crippen LogP contribution in [0, 0.1) is 5.92 Å². The third-order valence-electron chi connectivity index (χ3n) is 3.14. The maximum absolute atomic E-state index is 11.9. The van der Waals surface area contributed by atoms with Gasteiger partial charge in [-0.3, -0.25) is 0 Å². The van der Waals surface area contributed by atoms with Crippen molar-refractivity contribution in [2.45, 2.75) is 6.10 Å². The Morgan fingerprint density at radius 2 is 2.12 bits per heavy atom. The van der Waals surface area contributed by atoms with Crippen molar-refractivity contribution in [1.29, 1.82) is 0 Å². The van der Waals surface area contributed by atoms with Crippen molar-refractivity contribution in [1.82, 2.24) is 10.2 Å². The second-order valence-corrected chi connectivity index (χ2v) is 7.01. The summed E-state index contributed by atoms with van der Waals surface area (Å²) in [6.45, 7) is 3.93. The number of nitrogens with zero attached hydrogens (tertiary/aromatic N) is 1. The van der Waals surface area contributed by atoms with Crippen LogP contribution >= 0.6 is 0 Å². The Balaban J connectivity index is 1.82. The van der Waals surface area contributed by atoms with Gasteiger partial charge < -0.3 is 15.0 Å². The van der Waals surface area contributed by atoms with Gasteiger partial charge >= 0.3 is 0 Å². The van der Waals surface area contributed by atoms with Gasteiger partial charge in [-0.05, 0) is 13.0 Å². The Bertz CT molecular complexity index is 327. The summed E-state index contributed by atoms with van der Waals surface area (Å²) in [7, 11) is -0.958. The molecule has 2 saturated heterocycles. The summed E-state index contributed by atoms with van der Waals surface area (Å²) in [5, 5.41) is 3.09. The Hall–Kier alpha value is -0.170. The van der Waals surface area contributed by atoms with Gasteiger partial charge in [-0.2, -0.15) is 0 Å². The summed E-state index contributed by atoms with van der Waals surface area (Å²) in [6.07, 6.45) is -0.142. The third kappa shape index (κ3) is 3.41. The minimum Gasteiger partial charge on any atom is -0.375 e. The summed E-state index contributed by atoms with van der Waals surface area (Å²) in [4.78, 5) is 2.12. The molecule has 5 nitrogen and oxygen atoms in total. The lowest BCUT2D eigenvalue weighted by molar-refractivity contribution is -0.00684. The SMILES string of the molecule is CN1CCOC(CS(=O)(=O)CC2CNC2)C1. The lowest BCUT2D eigenvalue weighted by Gasteiger charge is -2.31. The van der Waals surface area contributed by atoms with E-state index in [2.05, 4.69) is 10.2 Å². The van der Waals surface area contributed by atoms with Gasteiger partial charge in [0.1, 0.15) is 0 Å². The van der Waals surface area contributed by atoms with Crippen LogP contribution in [0.3, 0.4) is 0 Å². The molecule has 1 unspecified atom stereocenters. The number of rotatable bonds is 4. The van der Waals surface area contributed by atoms with Gasteiger partial charge in [-0.1, -0.05) is 0 Å². The number of ether oxygens (including phenoxy) is 1. The molecule has 2 aliphatic rings. The van der Waals surface area contributed by atoms with Crippen LogP contribution in [0.2, 0.25) is 0 Å². The number of nitrogens with one attached hydrogen (secondary N) is 1. The third-order valence-corrected chi connectivity index (χ3v) is 5.00. The zero-order chi connectivity index (χ0) is 11.6. The summed E-state index contributed by atoms with van der Waals surface area (Å²) in [6, 6.07) is 0. The normalized spacial score (nSPS) is 28.9. The van der Waals surface area contributed by atoms with Crippen molar-refractivity contribution < 1.29 is 13.2 Å². The molecule has 6 heteroatoms. The summed E-state index contributed by atoms with van der Waals surface area (Å²) >= 11 is 0. The zero-order valence-electron chi connectivity index (χ0n) is 9.68. The van der Waals surface area contributed by atoms with Gasteiger partial charge in [0.15, 0.2) is 9.84 Å². The molecule has 2 aliphatic heterocycles. The van der Waals surface area contributed by atoms with Crippen molar-refractivity contribution in [2.24, 2.45) is 5.92 Å². The molecule has 1 atom stereocenters. The van der Waals surface area contributed by atoms with Crippen molar-refractivity contribution >= 4 is 9.84 Å². The predicted octanol–water partition coefficient (Wildman–Crippen LogP) is -1.05. The Kier molecular flexibility index (Phi) is 3.84. The number of hydrogen-bond acceptors (Lipinski definition) is 5. The van der Waals surface area contributed by atoms with Crippen LogP contribution in [0.25, 0.3) is 0 Å². The van der Waals surface area contributed by atoms with Crippen LogP contribution in [0.4, 0.5) is 0 Å². The van der Waals surface area contributed by atoms with E-state index in [-0.39, 0.29) is 11.9 Å². The van der Waals surface area contributed by atoms with Crippen LogP contribution in [0.1, 0.15) is 0 Å². The molecular formula is C10H20N2O3S. The fourth-order valence-corrected chi connectivity index (χ4v) is 4.00. The minimum atomic E-state index is -2.96.